The predicted molar refractivity (Wildman–Crippen MR) is 191 cm³/mol. The van der Waals surface area contributed by atoms with E-state index >= 15 is 0 Å². The SMILES string of the molecule is Cc1nc2ccc3oc4c(-c5cc(C(C)C)c(-c6c(C)cccc6C)cn5)[c-]ccc4c3c2s1.[Ir].[c-]1ccccc1-c1ccccn1. The van der Waals surface area contributed by atoms with Gasteiger partial charge in [-0.15, -0.1) is 65.4 Å². The smallest absolute Gasteiger partial charge is 0.122 e. The zero-order valence-corrected chi connectivity index (χ0v) is 30.1. The number of hydrogen-bond donors (Lipinski definition) is 0. The number of nitrogens with zero attached hydrogens (tertiary/aromatic N) is 3. The molecule has 8 aromatic rings. The molecule has 4 nitrogen and oxygen atoms in total. The average molecular weight is 808 g/mol. The fraction of sp³-hybridized carbons (Fsp3) is 0.146. The van der Waals surface area contributed by atoms with Crippen LogP contribution < -0.4 is 0 Å². The van der Waals surface area contributed by atoms with Gasteiger partial charge in [0.25, 0.3) is 0 Å². The number of benzene rings is 4. The fourth-order valence-electron chi connectivity index (χ4n) is 6.12. The third-order valence-electron chi connectivity index (χ3n) is 8.27. The number of thiazole rings is 1. The van der Waals surface area contributed by atoms with Gasteiger partial charge in [0.15, 0.2) is 0 Å². The molecule has 0 atom stereocenters. The first-order valence-electron chi connectivity index (χ1n) is 15.5. The van der Waals surface area contributed by atoms with E-state index in [1.165, 1.54) is 32.5 Å². The van der Waals surface area contributed by atoms with Crippen molar-refractivity contribution in [2.45, 2.75) is 40.5 Å². The number of aromatic nitrogens is 3. The molecule has 47 heavy (non-hydrogen) atoms. The van der Waals surface area contributed by atoms with E-state index < -0.39 is 0 Å². The summed E-state index contributed by atoms with van der Waals surface area (Å²) in [6.45, 7) is 10.9. The maximum Gasteiger partial charge on any atom is 0.122 e. The second kappa shape index (κ2) is 13.7. The molecule has 0 aliphatic heterocycles. The first-order chi connectivity index (χ1) is 22.4. The van der Waals surface area contributed by atoms with Crippen LogP contribution in [0.2, 0.25) is 0 Å². The normalized spacial score (nSPS) is 11.1. The third-order valence-corrected chi connectivity index (χ3v) is 9.28. The van der Waals surface area contributed by atoms with Crippen molar-refractivity contribution < 1.29 is 24.5 Å². The second-order valence-corrected chi connectivity index (χ2v) is 13.0. The van der Waals surface area contributed by atoms with Gasteiger partial charge in [-0.1, -0.05) is 61.2 Å². The molecule has 0 N–H and O–H groups in total. The Kier molecular flexibility index (Phi) is 9.47. The van der Waals surface area contributed by atoms with Gasteiger partial charge in [-0.3, -0.25) is 0 Å². The van der Waals surface area contributed by atoms with Crippen LogP contribution in [0, 0.1) is 32.9 Å². The number of aryl methyl sites for hydroxylation is 3. The van der Waals surface area contributed by atoms with E-state index in [-0.39, 0.29) is 20.1 Å². The minimum atomic E-state index is 0. The van der Waals surface area contributed by atoms with Crippen molar-refractivity contribution in [1.82, 2.24) is 15.0 Å². The molecule has 4 aromatic heterocycles. The number of fused-ring (bicyclic) bond motifs is 5. The van der Waals surface area contributed by atoms with E-state index in [2.05, 4.69) is 80.1 Å². The zero-order valence-electron chi connectivity index (χ0n) is 26.9. The summed E-state index contributed by atoms with van der Waals surface area (Å²) < 4.78 is 7.59. The summed E-state index contributed by atoms with van der Waals surface area (Å²) in [6.07, 6.45) is 3.82. The van der Waals surface area contributed by atoms with Crippen molar-refractivity contribution in [3.05, 3.63) is 137 Å². The summed E-state index contributed by atoms with van der Waals surface area (Å²) in [5.74, 6) is 0.352. The van der Waals surface area contributed by atoms with Gasteiger partial charge in [0.1, 0.15) is 5.58 Å². The van der Waals surface area contributed by atoms with Crippen molar-refractivity contribution in [2.24, 2.45) is 0 Å². The predicted octanol–water partition coefficient (Wildman–Crippen LogP) is 11.3. The number of rotatable bonds is 4. The van der Waals surface area contributed by atoms with Gasteiger partial charge in [0.2, 0.25) is 0 Å². The zero-order chi connectivity index (χ0) is 31.8. The van der Waals surface area contributed by atoms with Crippen LogP contribution in [0.5, 0.6) is 0 Å². The quantitative estimate of drug-likeness (QED) is 0.166. The van der Waals surface area contributed by atoms with Gasteiger partial charge in [-0.25, -0.2) is 4.98 Å². The molecule has 0 bridgehead atoms. The molecule has 0 fully saturated rings. The minimum Gasteiger partial charge on any atom is -0.501 e. The van der Waals surface area contributed by atoms with Crippen LogP contribution in [-0.4, -0.2) is 15.0 Å². The van der Waals surface area contributed by atoms with Gasteiger partial charge in [0, 0.05) is 43.4 Å². The third kappa shape index (κ3) is 6.29. The van der Waals surface area contributed by atoms with Crippen LogP contribution in [0.15, 0.2) is 108 Å². The van der Waals surface area contributed by atoms with Crippen LogP contribution in [0.3, 0.4) is 0 Å². The van der Waals surface area contributed by atoms with Crippen LogP contribution in [0.4, 0.5) is 0 Å². The van der Waals surface area contributed by atoms with Crippen LogP contribution in [0.1, 0.15) is 41.5 Å². The van der Waals surface area contributed by atoms with E-state index in [0.29, 0.717) is 5.92 Å². The second-order valence-electron chi connectivity index (χ2n) is 11.8. The Balaban J connectivity index is 0.000000250. The maximum atomic E-state index is 6.42. The van der Waals surface area contributed by atoms with Gasteiger partial charge < -0.3 is 14.4 Å². The van der Waals surface area contributed by atoms with Crippen molar-refractivity contribution in [2.75, 3.05) is 0 Å². The molecule has 0 spiro atoms. The Morgan fingerprint density at radius 3 is 2.32 bits per heavy atom. The average Bonchev–Trinajstić information content (AvgIpc) is 3.65. The Morgan fingerprint density at radius 2 is 1.60 bits per heavy atom. The van der Waals surface area contributed by atoms with E-state index in [1.54, 1.807) is 17.5 Å². The summed E-state index contributed by atoms with van der Waals surface area (Å²) >= 11 is 1.71. The first kappa shape index (κ1) is 32.5. The summed E-state index contributed by atoms with van der Waals surface area (Å²) in [6, 6.07) is 37.1. The number of pyridine rings is 2. The molecule has 0 saturated carbocycles. The Bertz CT molecular complexity index is 2270. The number of furan rings is 1. The molecule has 4 heterocycles. The minimum absolute atomic E-state index is 0. The van der Waals surface area contributed by atoms with Crippen molar-refractivity contribution in [3.63, 3.8) is 0 Å². The van der Waals surface area contributed by atoms with Gasteiger partial charge in [0.05, 0.1) is 20.8 Å². The molecule has 0 unspecified atom stereocenters. The van der Waals surface area contributed by atoms with Crippen molar-refractivity contribution >= 4 is 43.5 Å². The van der Waals surface area contributed by atoms with Gasteiger partial charge >= 0.3 is 0 Å². The molecule has 8 rings (SSSR count). The monoisotopic (exact) mass is 808 g/mol. The Labute approximate surface area is 292 Å². The molecule has 0 saturated heterocycles. The molecule has 235 valence electrons. The summed E-state index contributed by atoms with van der Waals surface area (Å²) in [5.41, 5.74) is 12.8. The molecule has 0 aliphatic rings. The van der Waals surface area contributed by atoms with Gasteiger partial charge in [-0.05, 0) is 78.5 Å². The topological polar surface area (TPSA) is 51.8 Å². The van der Waals surface area contributed by atoms with Crippen molar-refractivity contribution in [3.8, 4) is 33.6 Å². The summed E-state index contributed by atoms with van der Waals surface area (Å²) in [7, 11) is 0. The Hall–Kier alpha value is -4.48. The van der Waals surface area contributed by atoms with E-state index in [0.717, 1.165) is 55.0 Å². The molecule has 6 heteroatoms. The molecule has 1 radical (unpaired) electrons. The largest absolute Gasteiger partial charge is 0.501 e. The van der Waals surface area contributed by atoms with E-state index in [9.17, 15) is 0 Å². The summed E-state index contributed by atoms with van der Waals surface area (Å²) in [4.78, 5) is 13.8. The fourth-order valence-corrected chi connectivity index (χ4v) is 7.09. The van der Waals surface area contributed by atoms with E-state index in [4.69, 9.17) is 9.40 Å². The molecular weight excluding hydrogens is 775 g/mol. The standard InChI is InChI=1S/C30H25N2OS.C11H8N.Ir/c1-16(2)22-14-25(31-15-23(22)27-17(3)8-6-9-18(27)4)20-10-7-11-21-28-26(33-29(20)21)13-12-24-30(28)34-19(5)32-24;1-2-6-10(7-3-1)11-8-4-5-9-12-11;/h6-9,11-16H,1-5H3;1-6,8-9H;/q2*-1;. The van der Waals surface area contributed by atoms with Gasteiger partial charge in [-0.2, -0.15) is 0 Å². The maximum absolute atomic E-state index is 6.42. The van der Waals surface area contributed by atoms with Crippen LogP contribution in [-0.2, 0) is 20.1 Å². The van der Waals surface area contributed by atoms with Crippen LogP contribution in [0.25, 0.3) is 65.8 Å². The van der Waals surface area contributed by atoms with Crippen molar-refractivity contribution in [1.29, 1.82) is 0 Å². The molecular formula is C41H33IrN3OS-2. The molecule has 4 aromatic carbocycles. The summed E-state index contributed by atoms with van der Waals surface area (Å²) in [5, 5.41) is 3.28. The first-order valence-corrected chi connectivity index (χ1v) is 16.3. The Morgan fingerprint density at radius 1 is 0.787 bits per heavy atom. The van der Waals surface area contributed by atoms with E-state index in [1.807, 2.05) is 73.8 Å². The molecule has 0 amide bonds. The molecule has 0 aliphatic carbocycles. The number of hydrogen-bond acceptors (Lipinski definition) is 5. The van der Waals surface area contributed by atoms with Crippen LogP contribution >= 0.6 is 11.3 Å².